The molecule has 0 bridgehead atoms. The van der Waals surface area contributed by atoms with Crippen molar-refractivity contribution < 1.29 is 4.79 Å². The van der Waals surface area contributed by atoms with Gasteiger partial charge < -0.3 is 10.3 Å². The van der Waals surface area contributed by atoms with E-state index in [0.717, 1.165) is 16.4 Å². The van der Waals surface area contributed by atoms with Gasteiger partial charge >= 0.3 is 0 Å². The number of nitrogens with one attached hydrogen (secondary N) is 2. The Hall–Kier alpha value is -2.64. The number of aromatic amines is 1. The Labute approximate surface area is 158 Å². The average molecular weight is 384 g/mol. The molecular weight excluding hydrogens is 370 g/mol. The van der Waals surface area contributed by atoms with E-state index in [1.54, 1.807) is 24.3 Å². The van der Waals surface area contributed by atoms with Crippen LogP contribution in [0.4, 0.5) is 5.69 Å². The smallest absolute Gasteiger partial charge is 0.225 e. The van der Waals surface area contributed by atoms with Crippen molar-refractivity contribution in [3.8, 4) is 0 Å². The van der Waals surface area contributed by atoms with Gasteiger partial charge in [0.1, 0.15) is 5.52 Å². The molecule has 26 heavy (non-hydrogen) atoms. The third-order valence-corrected chi connectivity index (χ3v) is 4.85. The summed E-state index contributed by atoms with van der Waals surface area (Å²) in [5.74, 6) is 0.471. The summed E-state index contributed by atoms with van der Waals surface area (Å²) >= 11 is 7.30. The molecule has 2 aromatic heterocycles. The van der Waals surface area contributed by atoms with Gasteiger partial charge in [0.15, 0.2) is 5.65 Å². The highest BCUT2D eigenvalue weighted by Gasteiger charge is 2.10. The standard InChI is InChI=1S/C18H14ClN5OS/c19-11-4-3-5-12(10-11)20-15(25)8-9-26-18-22-17-16(23-24-18)13-6-1-2-7-14(13)21-17/h1-7,10H,8-9H2,(H,20,25)(H,21,22,24). The van der Waals surface area contributed by atoms with Crippen molar-refractivity contribution in [3.63, 3.8) is 0 Å². The molecule has 0 radical (unpaired) electrons. The van der Waals surface area contributed by atoms with Gasteiger partial charge in [-0.2, -0.15) is 0 Å². The molecule has 2 heterocycles. The number of aromatic nitrogens is 4. The van der Waals surface area contributed by atoms with Gasteiger partial charge in [0.05, 0.1) is 0 Å². The van der Waals surface area contributed by atoms with Crippen LogP contribution in [0.15, 0.2) is 53.7 Å². The number of amides is 1. The molecule has 0 aliphatic rings. The number of benzene rings is 2. The Balaban J connectivity index is 1.38. The van der Waals surface area contributed by atoms with Gasteiger partial charge in [0, 0.05) is 33.8 Å². The molecule has 4 aromatic rings. The first-order valence-corrected chi connectivity index (χ1v) is 9.35. The van der Waals surface area contributed by atoms with Crippen LogP contribution in [0.1, 0.15) is 6.42 Å². The maximum absolute atomic E-state index is 12.0. The number of anilines is 1. The average Bonchev–Trinajstić information content (AvgIpc) is 2.99. The molecule has 0 spiro atoms. The van der Waals surface area contributed by atoms with E-state index in [1.165, 1.54) is 11.8 Å². The fourth-order valence-electron chi connectivity index (χ4n) is 2.59. The number of para-hydroxylation sites is 1. The number of carbonyl (C=O) groups is 1. The second-order valence-electron chi connectivity index (χ2n) is 5.62. The zero-order valence-corrected chi connectivity index (χ0v) is 15.1. The van der Waals surface area contributed by atoms with Gasteiger partial charge in [-0.25, -0.2) is 4.98 Å². The Morgan fingerprint density at radius 1 is 1.15 bits per heavy atom. The minimum atomic E-state index is -0.0839. The zero-order valence-electron chi connectivity index (χ0n) is 13.6. The number of fused-ring (bicyclic) bond motifs is 3. The predicted octanol–water partition coefficient (Wildman–Crippen LogP) is 4.28. The van der Waals surface area contributed by atoms with E-state index in [2.05, 4.69) is 25.5 Å². The van der Waals surface area contributed by atoms with Crippen molar-refractivity contribution in [2.75, 3.05) is 11.1 Å². The normalized spacial score (nSPS) is 11.1. The lowest BCUT2D eigenvalue weighted by Gasteiger charge is -2.05. The van der Waals surface area contributed by atoms with Crippen molar-refractivity contribution in [1.29, 1.82) is 0 Å². The summed E-state index contributed by atoms with van der Waals surface area (Å²) in [4.78, 5) is 19.7. The second kappa shape index (κ2) is 7.31. The second-order valence-corrected chi connectivity index (χ2v) is 7.12. The molecule has 0 aliphatic heterocycles. The van der Waals surface area contributed by atoms with Crippen LogP contribution in [0.3, 0.4) is 0 Å². The van der Waals surface area contributed by atoms with Crippen molar-refractivity contribution >= 4 is 57.0 Å². The van der Waals surface area contributed by atoms with Crippen LogP contribution >= 0.6 is 23.4 Å². The molecule has 0 unspecified atom stereocenters. The van der Waals surface area contributed by atoms with Gasteiger partial charge in [-0.05, 0) is 24.3 Å². The molecule has 0 saturated carbocycles. The summed E-state index contributed by atoms with van der Waals surface area (Å²) in [5.41, 5.74) is 3.12. The Morgan fingerprint density at radius 2 is 2.04 bits per heavy atom. The number of nitrogens with zero attached hydrogens (tertiary/aromatic N) is 3. The molecule has 0 fully saturated rings. The third-order valence-electron chi connectivity index (χ3n) is 3.77. The Kier molecular flexibility index (Phi) is 4.73. The van der Waals surface area contributed by atoms with Gasteiger partial charge in [-0.1, -0.05) is 47.6 Å². The van der Waals surface area contributed by atoms with Crippen molar-refractivity contribution in [3.05, 3.63) is 53.6 Å². The molecule has 0 saturated heterocycles. The van der Waals surface area contributed by atoms with Crippen molar-refractivity contribution in [1.82, 2.24) is 20.2 Å². The van der Waals surface area contributed by atoms with Crippen LogP contribution in [0.25, 0.3) is 22.1 Å². The van der Waals surface area contributed by atoms with Gasteiger partial charge in [0.25, 0.3) is 0 Å². The number of hydrogen-bond acceptors (Lipinski definition) is 5. The molecule has 0 aliphatic carbocycles. The van der Waals surface area contributed by atoms with Crippen LogP contribution in [-0.2, 0) is 4.79 Å². The summed E-state index contributed by atoms with van der Waals surface area (Å²) in [7, 11) is 0. The van der Waals surface area contributed by atoms with Crippen LogP contribution in [0.5, 0.6) is 0 Å². The monoisotopic (exact) mass is 383 g/mol. The number of carbonyl (C=O) groups excluding carboxylic acids is 1. The first kappa shape index (κ1) is 16.8. The highest BCUT2D eigenvalue weighted by molar-refractivity contribution is 7.99. The van der Waals surface area contributed by atoms with Gasteiger partial charge in [0.2, 0.25) is 11.1 Å². The lowest BCUT2D eigenvalue weighted by atomic mass is 10.2. The number of hydrogen-bond donors (Lipinski definition) is 2. The number of rotatable bonds is 5. The molecule has 2 N–H and O–H groups in total. The summed E-state index contributed by atoms with van der Waals surface area (Å²) < 4.78 is 0. The van der Waals surface area contributed by atoms with Crippen LogP contribution in [0.2, 0.25) is 5.02 Å². The number of thioether (sulfide) groups is 1. The first-order chi connectivity index (χ1) is 12.7. The predicted molar refractivity (Wildman–Crippen MR) is 105 cm³/mol. The molecular formula is C18H14ClN5OS. The summed E-state index contributed by atoms with van der Waals surface area (Å²) in [6.07, 6.45) is 0.339. The largest absolute Gasteiger partial charge is 0.338 e. The lowest BCUT2D eigenvalue weighted by Crippen LogP contribution is -2.12. The molecule has 8 heteroatoms. The van der Waals surface area contributed by atoms with E-state index in [9.17, 15) is 4.79 Å². The summed E-state index contributed by atoms with van der Waals surface area (Å²) in [6, 6.07) is 14.9. The van der Waals surface area contributed by atoms with E-state index in [1.807, 2.05) is 24.3 Å². The van der Waals surface area contributed by atoms with E-state index < -0.39 is 0 Å². The quantitative estimate of drug-likeness (QED) is 0.502. The van der Waals surface area contributed by atoms with Crippen LogP contribution in [-0.4, -0.2) is 31.8 Å². The Bertz CT molecular complexity index is 1100. The summed E-state index contributed by atoms with van der Waals surface area (Å²) in [6.45, 7) is 0. The van der Waals surface area contributed by atoms with Crippen LogP contribution < -0.4 is 5.32 Å². The first-order valence-electron chi connectivity index (χ1n) is 7.98. The SMILES string of the molecule is O=C(CCSc1nnc2c(n1)[nH]c1ccccc12)Nc1cccc(Cl)c1. The molecule has 130 valence electrons. The molecule has 0 atom stereocenters. The van der Waals surface area contributed by atoms with E-state index in [4.69, 9.17) is 11.6 Å². The van der Waals surface area contributed by atoms with E-state index in [0.29, 0.717) is 33.7 Å². The van der Waals surface area contributed by atoms with Crippen molar-refractivity contribution in [2.24, 2.45) is 0 Å². The van der Waals surface area contributed by atoms with E-state index in [-0.39, 0.29) is 5.91 Å². The maximum atomic E-state index is 12.0. The zero-order chi connectivity index (χ0) is 17.9. The number of halogens is 1. The minimum Gasteiger partial charge on any atom is -0.338 e. The fraction of sp³-hybridized carbons (Fsp3) is 0.111. The van der Waals surface area contributed by atoms with E-state index >= 15 is 0 Å². The fourth-order valence-corrected chi connectivity index (χ4v) is 3.51. The highest BCUT2D eigenvalue weighted by Crippen LogP contribution is 2.23. The van der Waals surface area contributed by atoms with Crippen molar-refractivity contribution in [2.45, 2.75) is 11.6 Å². The number of H-pyrrole nitrogens is 1. The highest BCUT2D eigenvalue weighted by atomic mass is 35.5. The summed E-state index contributed by atoms with van der Waals surface area (Å²) in [5, 5.41) is 13.4. The Morgan fingerprint density at radius 3 is 2.92 bits per heavy atom. The lowest BCUT2D eigenvalue weighted by molar-refractivity contribution is -0.115. The topological polar surface area (TPSA) is 83.6 Å². The van der Waals surface area contributed by atoms with Gasteiger partial charge in [-0.3, -0.25) is 4.79 Å². The molecule has 1 amide bonds. The maximum Gasteiger partial charge on any atom is 0.225 e. The molecule has 4 rings (SSSR count). The third kappa shape index (κ3) is 3.63. The molecule has 6 nitrogen and oxygen atoms in total. The van der Waals surface area contributed by atoms with Crippen LogP contribution in [0, 0.1) is 0 Å². The minimum absolute atomic E-state index is 0.0839. The molecule has 2 aromatic carbocycles. The van der Waals surface area contributed by atoms with Gasteiger partial charge in [-0.15, -0.1) is 10.2 Å².